The van der Waals surface area contributed by atoms with Crippen molar-refractivity contribution in [1.29, 1.82) is 0 Å². The number of rotatable bonds is 6. The molecule has 10 rings (SSSR count). The molecule has 6 aliphatic rings. The van der Waals surface area contributed by atoms with Crippen molar-refractivity contribution in [3.8, 4) is 0 Å². The number of aromatic nitrogens is 2. The molecule has 12 nitrogen and oxygen atoms in total. The van der Waals surface area contributed by atoms with Crippen LogP contribution in [0.5, 0.6) is 0 Å². The number of fused-ring (bicyclic) bond motifs is 4. The normalized spacial score (nSPS) is 21.4. The summed E-state index contributed by atoms with van der Waals surface area (Å²) in [6.07, 6.45) is 12.8. The highest BCUT2D eigenvalue weighted by Crippen LogP contribution is 2.40. The zero-order valence-corrected chi connectivity index (χ0v) is 46.2. The number of aryl methyl sites for hydroxylation is 4. The zero-order valence-electron chi connectivity index (χ0n) is 41.5. The molecule has 2 aromatic carbocycles. The molecule has 4 amide bonds. The lowest BCUT2D eigenvalue weighted by molar-refractivity contribution is -0.135. The number of amides is 4. The Kier molecular flexibility index (Phi) is 17.1. The van der Waals surface area contributed by atoms with Gasteiger partial charge in [-0.05, 0) is 199 Å². The molecule has 16 heteroatoms. The lowest BCUT2D eigenvalue weighted by atomic mass is 9.92. The highest BCUT2D eigenvalue weighted by molar-refractivity contribution is 9.10. The fraction of sp³-hybridized carbons (Fsp3) is 0.545. The van der Waals surface area contributed by atoms with Crippen molar-refractivity contribution in [2.45, 2.75) is 103 Å². The van der Waals surface area contributed by atoms with Gasteiger partial charge in [0, 0.05) is 115 Å². The molecule has 0 bridgehead atoms. The second-order valence-corrected chi connectivity index (χ2v) is 24.1. The van der Waals surface area contributed by atoms with Gasteiger partial charge in [0.2, 0.25) is 11.8 Å². The molecular weight excluding hydrogens is 1070 g/mol. The van der Waals surface area contributed by atoms with Crippen molar-refractivity contribution in [3.63, 3.8) is 0 Å². The first-order valence-corrected chi connectivity index (χ1v) is 28.2. The minimum Gasteiger partial charge on any atom is -0.340 e. The predicted octanol–water partition coefficient (Wildman–Crippen LogP) is 9.66. The number of carbonyl (C=O) groups excluding carboxylic acids is 3. The van der Waals surface area contributed by atoms with Gasteiger partial charge in [-0.2, -0.15) is 0 Å². The molecular formula is C55H69Br2Cl2N9O3. The number of nitrogens with zero attached hydrogens (tertiary/aromatic N) is 7. The van der Waals surface area contributed by atoms with E-state index in [1.54, 1.807) is 0 Å². The number of likely N-dealkylation sites (tertiary alicyclic amines) is 1. The van der Waals surface area contributed by atoms with Crippen molar-refractivity contribution in [2.75, 3.05) is 78.5 Å². The largest absolute Gasteiger partial charge is 0.340 e. The van der Waals surface area contributed by atoms with Crippen LogP contribution >= 0.6 is 55.1 Å². The van der Waals surface area contributed by atoms with Gasteiger partial charge in [-0.25, -0.2) is 4.79 Å². The van der Waals surface area contributed by atoms with E-state index in [4.69, 9.17) is 33.2 Å². The standard InChI is InChI=1S/C30H39BrClN5O2.C25H30BrClN4O/c1-30(2,3)34-29(39)37-10-8-20(9-11-37)16-26(38)35-12-14-36(15-13-35)28-25-7-6-24(32)18-21(25)4-5-22-17-23(31)19-33-27(22)28;26-20-14-19-2-1-18-15-21(27)3-4-22(18)25(24(19)29-16-20)31-11-9-30(10-12-31)23(32)13-17-5-7-28-8-6-17/h6-7,17-20,28H,4-5,8-16H2,1-3H3,(H,34,39);3-4,14-17,25,28H,1-2,5-13H2. The fourth-order valence-electron chi connectivity index (χ4n) is 11.6. The molecule has 6 heterocycles. The summed E-state index contributed by atoms with van der Waals surface area (Å²) in [5, 5.41) is 7.99. The summed E-state index contributed by atoms with van der Waals surface area (Å²) in [7, 11) is 0. The summed E-state index contributed by atoms with van der Waals surface area (Å²) in [6, 6.07) is 17.1. The molecule has 4 aromatic rings. The molecule has 2 atom stereocenters. The van der Waals surface area contributed by atoms with E-state index >= 15 is 0 Å². The zero-order chi connectivity index (χ0) is 49.8. The summed E-state index contributed by atoms with van der Waals surface area (Å²) in [6.45, 7) is 15.8. The number of halogens is 4. The Balaban J connectivity index is 0.000000179. The van der Waals surface area contributed by atoms with Crippen molar-refractivity contribution in [3.05, 3.63) is 125 Å². The van der Waals surface area contributed by atoms with Crippen LogP contribution in [0, 0.1) is 11.8 Å². The maximum Gasteiger partial charge on any atom is 0.317 e. The molecule has 4 fully saturated rings. The van der Waals surface area contributed by atoms with Crippen molar-refractivity contribution in [1.82, 2.24) is 45.1 Å². The van der Waals surface area contributed by atoms with Crippen molar-refractivity contribution >= 4 is 72.9 Å². The Labute approximate surface area is 447 Å². The monoisotopic (exact) mass is 1130 g/mol. The van der Waals surface area contributed by atoms with Gasteiger partial charge < -0.3 is 25.3 Å². The van der Waals surface area contributed by atoms with E-state index < -0.39 is 0 Å². The molecule has 0 radical (unpaired) electrons. The van der Waals surface area contributed by atoms with Crippen LogP contribution in [-0.2, 0) is 35.3 Å². The Bertz CT molecular complexity index is 2440. The third-order valence-corrected chi connectivity index (χ3v) is 16.8. The third-order valence-electron chi connectivity index (χ3n) is 15.4. The van der Waals surface area contributed by atoms with Gasteiger partial charge in [0.15, 0.2) is 0 Å². The van der Waals surface area contributed by atoms with Gasteiger partial charge in [0.05, 0.1) is 23.5 Å². The summed E-state index contributed by atoms with van der Waals surface area (Å²) >= 11 is 19.9. The van der Waals surface area contributed by atoms with Gasteiger partial charge in [0.25, 0.3) is 0 Å². The van der Waals surface area contributed by atoms with E-state index in [1.165, 1.54) is 33.4 Å². The molecule has 2 unspecified atom stereocenters. The highest BCUT2D eigenvalue weighted by Gasteiger charge is 2.36. The van der Waals surface area contributed by atoms with E-state index in [2.05, 4.69) is 93.6 Å². The van der Waals surface area contributed by atoms with Gasteiger partial charge in [-0.1, -0.05) is 35.3 Å². The first-order valence-electron chi connectivity index (χ1n) is 25.8. The first-order chi connectivity index (χ1) is 34.2. The Hall–Kier alpha value is -3.63. The number of hydrogen-bond donors (Lipinski definition) is 2. The van der Waals surface area contributed by atoms with Gasteiger partial charge in [-0.3, -0.25) is 29.4 Å². The number of urea groups is 1. The van der Waals surface area contributed by atoms with Crippen LogP contribution in [0.25, 0.3) is 0 Å². The first kappa shape index (κ1) is 52.2. The molecule has 4 aliphatic heterocycles. The average molecular weight is 1130 g/mol. The number of piperidine rings is 2. The van der Waals surface area contributed by atoms with Crippen LogP contribution in [0.2, 0.25) is 10.0 Å². The minimum atomic E-state index is -0.243. The summed E-state index contributed by atoms with van der Waals surface area (Å²) < 4.78 is 2.02. The average Bonchev–Trinajstić information content (AvgIpc) is 3.61. The molecule has 2 N–H and O–H groups in total. The van der Waals surface area contributed by atoms with Gasteiger partial charge in [-0.15, -0.1) is 0 Å². The SMILES string of the molecule is CC(C)(C)NC(=O)N1CCC(CC(=O)N2CCN(C3c4ccc(Cl)cc4CCc4cc(Br)cnc43)CC2)CC1.O=C(CC1CCNCC1)N1CCN(C2c3ccc(Cl)cc3CCc3cc(Br)cnc32)CC1. The van der Waals surface area contributed by atoms with Gasteiger partial charge >= 0.3 is 6.03 Å². The molecule has 0 spiro atoms. The number of pyridine rings is 2. The Morgan fingerprint density at radius 2 is 1.01 bits per heavy atom. The molecule has 0 saturated carbocycles. The number of hydrogen-bond acceptors (Lipinski definition) is 8. The molecule has 2 aliphatic carbocycles. The minimum absolute atomic E-state index is 0.00539. The number of benzene rings is 2. The number of carbonyl (C=O) groups is 3. The van der Waals surface area contributed by atoms with Crippen LogP contribution in [-0.4, -0.2) is 136 Å². The van der Waals surface area contributed by atoms with Crippen LogP contribution in [0.15, 0.2) is 69.9 Å². The number of piperazine rings is 2. The topological polar surface area (TPSA) is 117 Å². The predicted molar refractivity (Wildman–Crippen MR) is 289 cm³/mol. The second kappa shape index (κ2) is 23.3. The molecule has 380 valence electrons. The molecule has 2 aromatic heterocycles. The summed E-state index contributed by atoms with van der Waals surface area (Å²) in [5.74, 6) is 1.44. The molecule has 4 saturated heterocycles. The van der Waals surface area contributed by atoms with Crippen LogP contribution < -0.4 is 10.6 Å². The smallest absolute Gasteiger partial charge is 0.317 e. The van der Waals surface area contributed by atoms with E-state index in [1.807, 2.05) is 55.1 Å². The Morgan fingerprint density at radius 1 is 0.592 bits per heavy atom. The van der Waals surface area contributed by atoms with Crippen molar-refractivity contribution in [2.24, 2.45) is 11.8 Å². The maximum absolute atomic E-state index is 13.3. The fourth-order valence-corrected chi connectivity index (χ4v) is 12.7. The van der Waals surface area contributed by atoms with Crippen LogP contribution in [0.3, 0.4) is 0 Å². The van der Waals surface area contributed by atoms with E-state index in [9.17, 15) is 14.4 Å². The lowest BCUT2D eigenvalue weighted by Crippen LogP contribution is -2.52. The second-order valence-electron chi connectivity index (χ2n) is 21.4. The van der Waals surface area contributed by atoms with Crippen LogP contribution in [0.4, 0.5) is 4.79 Å². The summed E-state index contributed by atoms with van der Waals surface area (Å²) in [4.78, 5) is 59.4. The summed E-state index contributed by atoms with van der Waals surface area (Å²) in [5.41, 5.74) is 9.73. The van der Waals surface area contributed by atoms with Crippen LogP contribution in [0.1, 0.15) is 116 Å². The quantitative estimate of drug-likeness (QED) is 0.196. The Morgan fingerprint density at radius 3 is 1.45 bits per heavy atom. The molecule has 71 heavy (non-hydrogen) atoms. The van der Waals surface area contributed by atoms with E-state index in [0.717, 1.165) is 147 Å². The van der Waals surface area contributed by atoms with E-state index in [-0.39, 0.29) is 29.6 Å². The van der Waals surface area contributed by atoms with Gasteiger partial charge in [0.1, 0.15) is 0 Å². The van der Waals surface area contributed by atoms with E-state index in [0.29, 0.717) is 43.7 Å². The lowest BCUT2D eigenvalue weighted by Gasteiger charge is -2.40. The number of nitrogens with one attached hydrogen (secondary N) is 2. The third kappa shape index (κ3) is 13.0. The van der Waals surface area contributed by atoms with Crippen molar-refractivity contribution < 1.29 is 14.4 Å². The maximum atomic E-state index is 13.3. The highest BCUT2D eigenvalue weighted by atomic mass is 79.9.